The van der Waals surface area contributed by atoms with Crippen LogP contribution in [0.4, 0.5) is 0 Å². The monoisotopic (exact) mass is 556 g/mol. The molecule has 6 aromatic rings. The fraction of sp³-hybridized carbons (Fsp3) is 0.188. The molecule has 10 nitrogen and oxygen atoms in total. The molecule has 0 aliphatic rings. The number of hydrogen-bond acceptors (Lipinski definition) is 6. The van der Waals surface area contributed by atoms with Crippen LogP contribution in [-0.4, -0.2) is 39.8 Å². The first kappa shape index (κ1) is 26.7. The molecule has 0 saturated carbocycles. The number of hydrogen-bond donors (Lipinski definition) is 1. The molecule has 0 aliphatic carbocycles. The number of amides is 1. The molecule has 1 N–H and O–H groups in total. The van der Waals surface area contributed by atoms with Gasteiger partial charge < -0.3 is 5.32 Å². The van der Waals surface area contributed by atoms with E-state index in [1.807, 2.05) is 63.4 Å². The lowest BCUT2D eigenvalue weighted by molar-refractivity contribution is 0.0938. The number of carbonyl (C=O) groups is 1. The number of nitrogens with zero attached hydrogens (tertiary/aromatic N) is 7. The third-order valence-electron chi connectivity index (χ3n) is 7.30. The first-order chi connectivity index (χ1) is 20.2. The number of rotatable bonds is 4. The van der Waals surface area contributed by atoms with Crippen LogP contribution in [0.5, 0.6) is 0 Å². The van der Waals surface area contributed by atoms with Crippen LogP contribution in [0.2, 0.25) is 0 Å². The standard InChI is InChI=1S/C32H28N8O2/c1-19-25(22(4)38(5)36-19)16-15-23-11-9-14-26-28(23)32(42)40(24-12-7-6-8-13-24)29(35-26)21(3)34-31(41)27-20(2)37-39-18-10-17-33-30(27)39/h6-14,17-18,21H,1-5H3,(H,34,41)/t21-/m0/s1. The van der Waals surface area contributed by atoms with Crippen LogP contribution in [-0.2, 0) is 7.05 Å². The van der Waals surface area contributed by atoms with Crippen LogP contribution in [0.15, 0.2) is 71.8 Å². The first-order valence-corrected chi connectivity index (χ1v) is 13.5. The summed E-state index contributed by atoms with van der Waals surface area (Å²) >= 11 is 0. The molecule has 208 valence electrons. The molecule has 0 unspecified atom stereocenters. The molecule has 6 rings (SSSR count). The second kappa shape index (κ2) is 10.4. The van der Waals surface area contributed by atoms with Gasteiger partial charge in [-0.1, -0.05) is 36.1 Å². The number of aromatic nitrogens is 7. The van der Waals surface area contributed by atoms with Crippen molar-refractivity contribution in [2.24, 2.45) is 7.05 Å². The van der Waals surface area contributed by atoms with Crippen LogP contribution in [0.3, 0.4) is 0 Å². The molecule has 4 heterocycles. The Morgan fingerprint density at radius 2 is 1.74 bits per heavy atom. The smallest absolute Gasteiger partial charge is 0.267 e. The lowest BCUT2D eigenvalue weighted by atomic mass is 10.1. The molecule has 0 aliphatic heterocycles. The van der Waals surface area contributed by atoms with E-state index in [9.17, 15) is 9.59 Å². The van der Waals surface area contributed by atoms with E-state index in [2.05, 4.69) is 32.3 Å². The summed E-state index contributed by atoms with van der Waals surface area (Å²) in [6.45, 7) is 7.44. The average Bonchev–Trinajstić information content (AvgIpc) is 3.44. The number of carbonyl (C=O) groups excluding carboxylic acids is 1. The Morgan fingerprint density at radius 1 is 0.952 bits per heavy atom. The molecule has 0 saturated heterocycles. The Labute approximate surface area is 241 Å². The van der Waals surface area contributed by atoms with Crippen molar-refractivity contribution in [2.45, 2.75) is 33.7 Å². The van der Waals surface area contributed by atoms with E-state index in [4.69, 9.17) is 4.98 Å². The predicted octanol–water partition coefficient (Wildman–Crippen LogP) is 3.98. The van der Waals surface area contributed by atoms with E-state index in [0.29, 0.717) is 44.9 Å². The van der Waals surface area contributed by atoms with Gasteiger partial charge in [-0.15, -0.1) is 0 Å². The first-order valence-electron chi connectivity index (χ1n) is 13.5. The molecule has 2 aromatic carbocycles. The van der Waals surface area contributed by atoms with Crippen molar-refractivity contribution in [3.05, 3.63) is 117 Å². The van der Waals surface area contributed by atoms with Crippen molar-refractivity contribution in [1.82, 2.24) is 39.2 Å². The topological polar surface area (TPSA) is 112 Å². The van der Waals surface area contributed by atoms with Crippen LogP contribution in [0.1, 0.15) is 57.4 Å². The fourth-order valence-electron chi connectivity index (χ4n) is 5.15. The zero-order chi connectivity index (χ0) is 29.5. The molecule has 10 heteroatoms. The molecule has 0 fully saturated rings. The Morgan fingerprint density at radius 3 is 2.48 bits per heavy atom. The van der Waals surface area contributed by atoms with Crippen LogP contribution in [0, 0.1) is 32.6 Å². The van der Waals surface area contributed by atoms with Gasteiger partial charge in [0, 0.05) is 25.0 Å². The van der Waals surface area contributed by atoms with Crippen LogP contribution in [0.25, 0.3) is 22.2 Å². The fourth-order valence-corrected chi connectivity index (χ4v) is 5.15. The van der Waals surface area contributed by atoms with E-state index in [1.54, 1.807) is 52.1 Å². The summed E-state index contributed by atoms with van der Waals surface area (Å²) in [5.74, 6) is 6.44. The summed E-state index contributed by atoms with van der Waals surface area (Å²) in [4.78, 5) is 37.0. The van der Waals surface area contributed by atoms with Crippen molar-refractivity contribution < 1.29 is 4.79 Å². The van der Waals surface area contributed by atoms with Gasteiger partial charge in [-0.2, -0.15) is 10.2 Å². The maximum absolute atomic E-state index is 14.3. The van der Waals surface area contributed by atoms with Gasteiger partial charge in [-0.05, 0) is 58.0 Å². The Bertz CT molecular complexity index is 2130. The van der Waals surface area contributed by atoms with Gasteiger partial charge in [0.15, 0.2) is 5.65 Å². The van der Waals surface area contributed by atoms with E-state index >= 15 is 0 Å². The maximum Gasteiger partial charge on any atom is 0.267 e. The van der Waals surface area contributed by atoms with Gasteiger partial charge in [0.1, 0.15) is 11.4 Å². The lowest BCUT2D eigenvalue weighted by Gasteiger charge is -2.20. The van der Waals surface area contributed by atoms with Gasteiger partial charge in [-0.25, -0.2) is 14.5 Å². The highest BCUT2D eigenvalue weighted by molar-refractivity contribution is 6.01. The summed E-state index contributed by atoms with van der Waals surface area (Å²) in [5.41, 5.74) is 5.38. The normalized spacial score (nSPS) is 11.8. The van der Waals surface area contributed by atoms with Crippen LogP contribution >= 0.6 is 0 Å². The summed E-state index contributed by atoms with van der Waals surface area (Å²) < 4.78 is 4.90. The lowest BCUT2D eigenvalue weighted by Crippen LogP contribution is -2.33. The van der Waals surface area contributed by atoms with E-state index in [-0.39, 0.29) is 11.5 Å². The highest BCUT2D eigenvalue weighted by Crippen LogP contribution is 2.22. The Balaban J connectivity index is 1.49. The van der Waals surface area contributed by atoms with E-state index < -0.39 is 6.04 Å². The minimum atomic E-state index is -0.636. The third-order valence-corrected chi connectivity index (χ3v) is 7.30. The molecule has 1 atom stereocenters. The maximum atomic E-state index is 14.3. The second-order valence-corrected chi connectivity index (χ2v) is 10.1. The summed E-state index contributed by atoms with van der Waals surface area (Å²) in [5, 5.41) is 12.3. The Hall–Kier alpha value is -5.56. The molecule has 4 aromatic heterocycles. The third kappa shape index (κ3) is 4.51. The number of fused-ring (bicyclic) bond motifs is 2. The highest BCUT2D eigenvalue weighted by atomic mass is 16.2. The zero-order valence-corrected chi connectivity index (χ0v) is 23.9. The van der Waals surface area contributed by atoms with Crippen molar-refractivity contribution in [3.8, 4) is 17.5 Å². The van der Waals surface area contributed by atoms with Gasteiger partial charge in [0.2, 0.25) is 0 Å². The number of para-hydroxylation sites is 1. The van der Waals surface area contributed by atoms with E-state index in [1.165, 1.54) is 0 Å². The highest BCUT2D eigenvalue weighted by Gasteiger charge is 2.24. The molecule has 1 amide bonds. The molecule has 0 radical (unpaired) electrons. The second-order valence-electron chi connectivity index (χ2n) is 10.1. The van der Waals surface area contributed by atoms with Crippen molar-refractivity contribution >= 4 is 22.5 Å². The molecule has 0 bridgehead atoms. The van der Waals surface area contributed by atoms with E-state index in [0.717, 1.165) is 17.0 Å². The summed E-state index contributed by atoms with van der Waals surface area (Å²) in [7, 11) is 1.88. The molecular formula is C32H28N8O2. The SMILES string of the molecule is Cc1nn(C)c(C)c1C#Cc1cccc2nc([C@H](C)NC(=O)c3c(C)nn4cccnc34)n(-c3ccccc3)c(=O)c12. The Kier molecular flexibility index (Phi) is 6.63. The molecular weight excluding hydrogens is 528 g/mol. The number of benzene rings is 2. The predicted molar refractivity (Wildman–Crippen MR) is 160 cm³/mol. The van der Waals surface area contributed by atoms with Gasteiger partial charge in [0.05, 0.1) is 45.3 Å². The molecule has 42 heavy (non-hydrogen) atoms. The largest absolute Gasteiger partial charge is 0.342 e. The number of aryl methyl sites for hydroxylation is 3. The van der Waals surface area contributed by atoms with Crippen molar-refractivity contribution in [3.63, 3.8) is 0 Å². The van der Waals surface area contributed by atoms with Gasteiger partial charge in [-0.3, -0.25) is 18.8 Å². The molecule has 0 spiro atoms. The van der Waals surface area contributed by atoms with Crippen molar-refractivity contribution in [1.29, 1.82) is 0 Å². The van der Waals surface area contributed by atoms with Crippen molar-refractivity contribution in [2.75, 3.05) is 0 Å². The summed E-state index contributed by atoms with van der Waals surface area (Å²) in [6, 6.07) is 15.8. The minimum Gasteiger partial charge on any atom is -0.342 e. The average molecular weight is 557 g/mol. The van der Waals surface area contributed by atoms with Gasteiger partial charge >= 0.3 is 0 Å². The minimum absolute atomic E-state index is 0.277. The number of nitrogens with one attached hydrogen (secondary N) is 1. The summed E-state index contributed by atoms with van der Waals surface area (Å²) in [6.07, 6.45) is 3.36. The zero-order valence-electron chi connectivity index (χ0n) is 23.9. The quantitative estimate of drug-likeness (QED) is 0.329. The van der Waals surface area contributed by atoms with Crippen LogP contribution < -0.4 is 10.9 Å². The van der Waals surface area contributed by atoms with Gasteiger partial charge in [0.25, 0.3) is 11.5 Å².